The van der Waals surface area contributed by atoms with Crippen LogP contribution in [0.3, 0.4) is 0 Å². The molecular formula is C44H55FN10O5S2. The van der Waals surface area contributed by atoms with Gasteiger partial charge < -0.3 is 20.4 Å². The van der Waals surface area contributed by atoms with Gasteiger partial charge in [0, 0.05) is 68.4 Å². The Morgan fingerprint density at radius 2 is 1.74 bits per heavy atom. The summed E-state index contributed by atoms with van der Waals surface area (Å²) in [6.45, 7) is 9.75. The molecule has 4 aliphatic heterocycles. The van der Waals surface area contributed by atoms with Crippen LogP contribution in [0, 0.1) is 17.7 Å². The highest BCUT2D eigenvalue weighted by Crippen LogP contribution is 2.45. The SMILES string of the molecule is CCCS(=O)(=O)Nc1cccc(-c2nc(C3(C)CCN(C(=O)C4CCN(CC5CCN(c6ccc([C@@H]7CCC(=O)NC7=O)cn6)CC5)CC4)CC3)sc2-c2ccnc(N)n2)c1F. The molecule has 4 fully saturated rings. The molecule has 1 aromatic carbocycles. The van der Waals surface area contributed by atoms with Crippen LogP contribution in [0.2, 0.25) is 0 Å². The minimum Gasteiger partial charge on any atom is -0.368 e. The Hall–Kier alpha value is -5.07. The van der Waals surface area contributed by atoms with Gasteiger partial charge in [-0.05, 0) is 100 Å². The van der Waals surface area contributed by atoms with E-state index in [1.807, 2.05) is 17.0 Å². The molecule has 330 valence electrons. The number of halogens is 1. The van der Waals surface area contributed by atoms with E-state index in [0.717, 1.165) is 74.8 Å². The second-order valence-electron chi connectivity index (χ2n) is 17.4. The number of amides is 3. The van der Waals surface area contributed by atoms with E-state index < -0.39 is 21.3 Å². The minimum atomic E-state index is -3.74. The number of likely N-dealkylation sites (tertiary alicyclic amines) is 2. The fourth-order valence-electron chi connectivity index (χ4n) is 9.28. The molecule has 8 rings (SSSR count). The lowest BCUT2D eigenvalue weighted by atomic mass is 9.80. The van der Waals surface area contributed by atoms with Crippen molar-refractivity contribution in [3.05, 3.63) is 65.2 Å². The van der Waals surface area contributed by atoms with Gasteiger partial charge >= 0.3 is 0 Å². The standard InChI is InChI=1S/C44H55FN10O5S2/c1-3-25-62(59,60)52-33-6-4-5-32(37(33)45)38-39(34-11-18-47-43(46)49-34)61-42(51-38)44(2)16-23-55(24-17-44)41(58)29-14-19-53(20-15-29)27-28-12-21-54(22-13-28)35-9-7-30(26-48-35)31-8-10-36(56)50-40(31)57/h4-7,9,11,18,26,28-29,31,52H,3,8,10,12-17,19-25,27H2,1-2H3,(H2,46,47,49)(H,50,56,57)/t31-/m0/s1. The van der Waals surface area contributed by atoms with E-state index in [4.69, 9.17) is 10.7 Å². The topological polar surface area (TPSA) is 197 Å². The molecule has 0 aliphatic carbocycles. The van der Waals surface area contributed by atoms with E-state index in [2.05, 4.69) is 41.7 Å². The van der Waals surface area contributed by atoms with Gasteiger partial charge in [-0.15, -0.1) is 11.3 Å². The van der Waals surface area contributed by atoms with Crippen LogP contribution < -0.4 is 20.7 Å². The lowest BCUT2D eigenvalue weighted by Gasteiger charge is -2.41. The number of thiazole rings is 1. The molecule has 18 heteroatoms. The second-order valence-corrected chi connectivity index (χ2v) is 20.3. The zero-order chi connectivity index (χ0) is 43.6. The van der Waals surface area contributed by atoms with Crippen LogP contribution in [0.1, 0.15) is 88.1 Å². The molecule has 62 heavy (non-hydrogen) atoms. The molecule has 3 aromatic heterocycles. The van der Waals surface area contributed by atoms with Crippen molar-refractivity contribution in [1.29, 1.82) is 0 Å². The molecular weight excluding hydrogens is 832 g/mol. The predicted molar refractivity (Wildman–Crippen MR) is 237 cm³/mol. The maximum atomic E-state index is 16.2. The molecule has 0 unspecified atom stereocenters. The number of piperidine rings is 4. The number of nitrogens with one attached hydrogen (secondary N) is 2. The van der Waals surface area contributed by atoms with Gasteiger partial charge in [-0.2, -0.15) is 0 Å². The molecule has 4 saturated heterocycles. The van der Waals surface area contributed by atoms with Gasteiger partial charge in [-0.3, -0.25) is 24.4 Å². The van der Waals surface area contributed by atoms with Crippen molar-refractivity contribution in [3.8, 4) is 21.8 Å². The van der Waals surface area contributed by atoms with Crippen molar-refractivity contribution in [2.75, 3.05) is 66.9 Å². The van der Waals surface area contributed by atoms with Crippen LogP contribution in [0.15, 0.2) is 48.8 Å². The lowest BCUT2D eigenvalue weighted by Crippen LogP contribution is -2.48. The Kier molecular flexibility index (Phi) is 12.9. The number of carbonyl (C=O) groups excluding carboxylic acids is 3. The average molecular weight is 887 g/mol. The Morgan fingerprint density at radius 3 is 2.42 bits per heavy atom. The summed E-state index contributed by atoms with van der Waals surface area (Å²) < 4.78 is 43.7. The van der Waals surface area contributed by atoms with Crippen LogP contribution in [0.5, 0.6) is 0 Å². The fourth-order valence-corrected chi connectivity index (χ4v) is 11.7. The summed E-state index contributed by atoms with van der Waals surface area (Å²) in [6.07, 6.45) is 9.77. The van der Waals surface area contributed by atoms with E-state index in [1.54, 1.807) is 37.5 Å². The number of pyridine rings is 1. The highest BCUT2D eigenvalue weighted by Gasteiger charge is 2.39. The zero-order valence-electron chi connectivity index (χ0n) is 35.3. The first kappa shape index (κ1) is 43.6. The van der Waals surface area contributed by atoms with Crippen molar-refractivity contribution in [1.82, 2.24) is 35.1 Å². The van der Waals surface area contributed by atoms with Crippen molar-refractivity contribution < 1.29 is 27.2 Å². The van der Waals surface area contributed by atoms with Crippen molar-refractivity contribution in [2.24, 2.45) is 11.8 Å². The summed E-state index contributed by atoms with van der Waals surface area (Å²) in [6, 6.07) is 10.2. The van der Waals surface area contributed by atoms with E-state index in [0.29, 0.717) is 67.4 Å². The average Bonchev–Trinajstić information content (AvgIpc) is 3.72. The first-order valence-electron chi connectivity index (χ1n) is 21.7. The van der Waals surface area contributed by atoms with Crippen molar-refractivity contribution in [2.45, 2.75) is 83.0 Å². The highest BCUT2D eigenvalue weighted by molar-refractivity contribution is 7.92. The second kappa shape index (κ2) is 18.3. The smallest absolute Gasteiger partial charge is 0.234 e. The third-order valence-corrected chi connectivity index (χ3v) is 15.9. The van der Waals surface area contributed by atoms with Gasteiger partial charge in [0.25, 0.3) is 0 Å². The minimum absolute atomic E-state index is 0.00188. The predicted octanol–water partition coefficient (Wildman–Crippen LogP) is 5.56. The first-order chi connectivity index (χ1) is 29.8. The van der Waals surface area contributed by atoms with Crippen LogP contribution >= 0.6 is 11.3 Å². The Balaban J connectivity index is 0.847. The van der Waals surface area contributed by atoms with E-state index in [9.17, 15) is 22.8 Å². The molecule has 1 atom stereocenters. The lowest BCUT2D eigenvalue weighted by molar-refractivity contribution is -0.139. The zero-order valence-corrected chi connectivity index (χ0v) is 36.9. The van der Waals surface area contributed by atoms with Gasteiger partial charge in [0.1, 0.15) is 5.82 Å². The fraction of sp³-hybridized carbons (Fsp3) is 0.523. The molecule has 7 heterocycles. The Morgan fingerprint density at radius 1 is 0.984 bits per heavy atom. The number of benzene rings is 1. The number of nitrogens with zero attached hydrogens (tertiary/aromatic N) is 7. The molecule has 3 amide bonds. The third kappa shape index (κ3) is 9.61. The number of imide groups is 1. The number of nitrogen functional groups attached to an aromatic ring is 1. The summed E-state index contributed by atoms with van der Waals surface area (Å²) >= 11 is 1.42. The van der Waals surface area contributed by atoms with E-state index >= 15 is 4.39 Å². The van der Waals surface area contributed by atoms with Gasteiger partial charge in [0.15, 0.2) is 5.82 Å². The number of aromatic nitrogens is 4. The third-order valence-electron chi connectivity index (χ3n) is 13.0. The van der Waals surface area contributed by atoms with Crippen LogP contribution in [0.25, 0.3) is 21.8 Å². The maximum absolute atomic E-state index is 16.2. The Labute approximate surface area is 366 Å². The molecule has 0 radical (unpaired) electrons. The molecule has 0 bridgehead atoms. The summed E-state index contributed by atoms with van der Waals surface area (Å²) in [5.41, 5.74) is 7.27. The van der Waals surface area contributed by atoms with Gasteiger partial charge in [-0.25, -0.2) is 32.7 Å². The number of anilines is 3. The van der Waals surface area contributed by atoms with E-state index in [-0.39, 0.29) is 52.5 Å². The van der Waals surface area contributed by atoms with E-state index in [1.165, 1.54) is 17.4 Å². The maximum Gasteiger partial charge on any atom is 0.234 e. The molecule has 15 nitrogen and oxygen atoms in total. The number of carbonyl (C=O) groups is 3. The molecule has 0 spiro atoms. The molecule has 0 saturated carbocycles. The highest BCUT2D eigenvalue weighted by atomic mass is 32.2. The Bertz CT molecular complexity index is 2390. The molecule has 4 aromatic rings. The van der Waals surface area contributed by atoms with Gasteiger partial charge in [0.2, 0.25) is 33.7 Å². The summed E-state index contributed by atoms with van der Waals surface area (Å²) in [4.78, 5) is 63.4. The summed E-state index contributed by atoms with van der Waals surface area (Å²) in [5.74, 6) is 0.140. The van der Waals surface area contributed by atoms with Crippen LogP contribution in [-0.2, 0) is 29.8 Å². The van der Waals surface area contributed by atoms with Gasteiger partial charge in [-0.1, -0.05) is 26.0 Å². The summed E-state index contributed by atoms with van der Waals surface area (Å²) in [7, 11) is -3.74. The van der Waals surface area contributed by atoms with Crippen LogP contribution in [-0.4, -0.2) is 107 Å². The monoisotopic (exact) mass is 886 g/mol. The summed E-state index contributed by atoms with van der Waals surface area (Å²) in [5, 5.41) is 3.22. The largest absolute Gasteiger partial charge is 0.368 e. The van der Waals surface area contributed by atoms with Gasteiger partial charge in [0.05, 0.1) is 38.6 Å². The normalized spacial score (nSPS) is 20.6. The molecule has 4 N–H and O–H groups in total. The molecule has 4 aliphatic rings. The number of rotatable bonds is 12. The number of sulfonamides is 1. The first-order valence-corrected chi connectivity index (χ1v) is 24.2. The number of hydrogen-bond donors (Lipinski definition) is 3. The quantitative estimate of drug-likeness (QED) is 0.150. The number of hydrogen-bond acceptors (Lipinski definition) is 13. The van der Waals surface area contributed by atoms with Crippen molar-refractivity contribution in [3.63, 3.8) is 0 Å². The number of nitrogens with two attached hydrogens (primary N) is 1. The van der Waals surface area contributed by atoms with Crippen LogP contribution in [0.4, 0.5) is 21.8 Å². The van der Waals surface area contributed by atoms with Crippen molar-refractivity contribution >= 4 is 56.5 Å².